The third-order valence-electron chi connectivity index (χ3n) is 4.12. The average molecular weight is 329 g/mol. The molecule has 0 radical (unpaired) electrons. The number of hydrogen-bond acceptors (Lipinski definition) is 5. The zero-order chi connectivity index (χ0) is 15.8. The van der Waals surface area contributed by atoms with Crippen LogP contribution in [0.1, 0.15) is 48.2 Å². The van der Waals surface area contributed by atoms with Crippen LogP contribution in [0.5, 0.6) is 0 Å². The fourth-order valence-electron chi connectivity index (χ4n) is 2.50. The molecule has 1 heterocycles. The molecule has 0 unspecified atom stereocenters. The van der Waals surface area contributed by atoms with Crippen LogP contribution in [0.15, 0.2) is 35.5 Å². The highest BCUT2D eigenvalue weighted by Crippen LogP contribution is 2.41. The topological polar surface area (TPSA) is 85.8 Å². The molecule has 2 aromatic rings. The van der Waals surface area contributed by atoms with Gasteiger partial charge < -0.3 is 11.2 Å². The molecule has 120 valence electrons. The quantitative estimate of drug-likeness (QED) is 0.625. The summed E-state index contributed by atoms with van der Waals surface area (Å²) in [7, 11) is 0. The van der Waals surface area contributed by atoms with E-state index in [1.165, 1.54) is 11.8 Å². The van der Waals surface area contributed by atoms with Gasteiger partial charge in [-0.2, -0.15) is 0 Å². The second kappa shape index (κ2) is 5.88. The molecule has 23 heavy (non-hydrogen) atoms. The molecule has 0 bridgehead atoms. The number of amides is 1. The van der Waals surface area contributed by atoms with Crippen molar-refractivity contribution in [3.63, 3.8) is 0 Å². The van der Waals surface area contributed by atoms with Crippen molar-refractivity contribution in [3.05, 3.63) is 41.7 Å². The van der Waals surface area contributed by atoms with Gasteiger partial charge in [0.1, 0.15) is 5.25 Å². The van der Waals surface area contributed by atoms with Crippen LogP contribution in [0.3, 0.4) is 0 Å². The Morgan fingerprint density at radius 3 is 2.61 bits per heavy atom. The number of carbonyl (C=O) groups is 1. The molecule has 3 N–H and O–H groups in total. The third kappa shape index (κ3) is 3.19. The summed E-state index contributed by atoms with van der Waals surface area (Å²) < 4.78 is 1.54. The van der Waals surface area contributed by atoms with E-state index in [1.807, 2.05) is 30.3 Å². The monoisotopic (exact) mass is 329 g/mol. The van der Waals surface area contributed by atoms with Crippen LogP contribution in [-0.2, 0) is 4.79 Å². The number of aromatic nitrogens is 3. The fraction of sp³-hybridized carbons (Fsp3) is 0.438. The van der Waals surface area contributed by atoms with Crippen LogP contribution < -0.4 is 11.2 Å². The van der Waals surface area contributed by atoms with E-state index >= 15 is 0 Å². The van der Waals surface area contributed by atoms with Gasteiger partial charge in [-0.25, -0.2) is 4.68 Å². The molecule has 4 rings (SSSR count). The van der Waals surface area contributed by atoms with Crippen molar-refractivity contribution >= 4 is 17.7 Å². The van der Waals surface area contributed by atoms with Gasteiger partial charge in [-0.1, -0.05) is 42.1 Å². The maximum atomic E-state index is 12.6. The summed E-state index contributed by atoms with van der Waals surface area (Å²) in [6, 6.07) is 10.1. The summed E-state index contributed by atoms with van der Waals surface area (Å²) in [6.07, 6.45) is 4.36. The van der Waals surface area contributed by atoms with Crippen LogP contribution in [0, 0.1) is 0 Å². The van der Waals surface area contributed by atoms with E-state index in [1.54, 1.807) is 4.68 Å². The van der Waals surface area contributed by atoms with Gasteiger partial charge in [0.25, 0.3) is 0 Å². The first-order valence-electron chi connectivity index (χ1n) is 7.94. The van der Waals surface area contributed by atoms with Gasteiger partial charge in [0.2, 0.25) is 11.1 Å². The lowest BCUT2D eigenvalue weighted by Crippen LogP contribution is -2.30. The lowest BCUT2D eigenvalue weighted by Gasteiger charge is -2.16. The van der Waals surface area contributed by atoms with E-state index in [4.69, 9.17) is 5.84 Å². The number of nitrogen functional groups attached to an aromatic ring is 1. The van der Waals surface area contributed by atoms with Crippen molar-refractivity contribution in [3.8, 4) is 0 Å². The molecular weight excluding hydrogens is 310 g/mol. The Balaban J connectivity index is 1.58. The standard InChI is InChI=1S/C16H19N5OS/c17-21-14(11-6-7-11)19-20-16(21)23-13(10-4-2-1-3-5-10)15(22)18-12-8-9-12/h1-5,11-13H,6-9,17H2,(H,18,22)/t13-/m1/s1. The summed E-state index contributed by atoms with van der Waals surface area (Å²) in [4.78, 5) is 12.6. The van der Waals surface area contributed by atoms with Crippen molar-refractivity contribution < 1.29 is 4.79 Å². The minimum absolute atomic E-state index is 0.0136. The molecule has 0 aliphatic heterocycles. The number of rotatable bonds is 6. The molecule has 2 saturated carbocycles. The largest absolute Gasteiger partial charge is 0.352 e. The number of thioether (sulfide) groups is 1. The molecule has 1 aromatic carbocycles. The van der Waals surface area contributed by atoms with Crippen molar-refractivity contribution in [1.29, 1.82) is 0 Å². The van der Waals surface area contributed by atoms with Gasteiger partial charge >= 0.3 is 0 Å². The van der Waals surface area contributed by atoms with Gasteiger partial charge in [0.05, 0.1) is 0 Å². The lowest BCUT2D eigenvalue weighted by atomic mass is 10.1. The third-order valence-corrected chi connectivity index (χ3v) is 5.33. The molecule has 0 spiro atoms. The zero-order valence-electron chi connectivity index (χ0n) is 12.7. The molecule has 2 fully saturated rings. The van der Waals surface area contributed by atoms with Gasteiger partial charge in [0, 0.05) is 12.0 Å². The van der Waals surface area contributed by atoms with E-state index < -0.39 is 0 Å². The van der Waals surface area contributed by atoms with E-state index in [2.05, 4.69) is 15.5 Å². The van der Waals surface area contributed by atoms with E-state index in [0.717, 1.165) is 37.1 Å². The second-order valence-electron chi connectivity index (χ2n) is 6.18. The van der Waals surface area contributed by atoms with Crippen LogP contribution in [0.2, 0.25) is 0 Å². The molecule has 1 amide bonds. The fourth-order valence-corrected chi connectivity index (χ4v) is 3.47. The summed E-state index contributed by atoms with van der Waals surface area (Å²) >= 11 is 1.36. The molecule has 2 aliphatic carbocycles. The SMILES string of the molecule is Nn1c(S[C@@H](C(=O)NC2CC2)c2ccccc2)nnc1C1CC1. The maximum absolute atomic E-state index is 12.6. The minimum atomic E-state index is -0.365. The summed E-state index contributed by atoms with van der Waals surface area (Å²) in [6.45, 7) is 0. The van der Waals surface area contributed by atoms with Gasteiger partial charge in [-0.15, -0.1) is 10.2 Å². The van der Waals surface area contributed by atoms with Crippen molar-refractivity contribution in [1.82, 2.24) is 20.2 Å². The lowest BCUT2D eigenvalue weighted by molar-refractivity contribution is -0.120. The van der Waals surface area contributed by atoms with Crippen LogP contribution in [-0.4, -0.2) is 26.8 Å². The highest BCUT2D eigenvalue weighted by atomic mass is 32.2. The number of hydrogen-bond donors (Lipinski definition) is 2. The first kappa shape index (κ1) is 14.6. The molecule has 1 aromatic heterocycles. The van der Waals surface area contributed by atoms with Crippen molar-refractivity contribution in [2.45, 2.75) is 48.0 Å². The Hall–Kier alpha value is -2.02. The number of benzene rings is 1. The highest BCUT2D eigenvalue weighted by Gasteiger charge is 2.33. The molecule has 1 atom stereocenters. The van der Waals surface area contributed by atoms with Gasteiger partial charge in [0.15, 0.2) is 5.82 Å². The summed E-state index contributed by atoms with van der Waals surface area (Å²) in [5, 5.41) is 11.7. The van der Waals surface area contributed by atoms with Gasteiger partial charge in [-0.3, -0.25) is 4.79 Å². The van der Waals surface area contributed by atoms with Crippen LogP contribution in [0.25, 0.3) is 0 Å². The Morgan fingerprint density at radius 1 is 1.22 bits per heavy atom. The molecule has 7 heteroatoms. The maximum Gasteiger partial charge on any atom is 0.238 e. The first-order chi connectivity index (χ1) is 11.2. The predicted octanol–water partition coefficient (Wildman–Crippen LogP) is 1.98. The normalized spacial score (nSPS) is 18.6. The smallest absolute Gasteiger partial charge is 0.238 e. The Morgan fingerprint density at radius 2 is 1.96 bits per heavy atom. The Kier molecular flexibility index (Phi) is 3.72. The van der Waals surface area contributed by atoms with Crippen molar-refractivity contribution in [2.24, 2.45) is 0 Å². The number of nitrogens with one attached hydrogen (secondary N) is 1. The predicted molar refractivity (Wildman–Crippen MR) is 88.4 cm³/mol. The summed E-state index contributed by atoms with van der Waals surface area (Å²) in [5.41, 5.74) is 0.951. The molecule has 0 saturated heterocycles. The second-order valence-corrected chi connectivity index (χ2v) is 7.25. The van der Waals surface area contributed by atoms with Crippen LogP contribution >= 0.6 is 11.8 Å². The zero-order valence-corrected chi connectivity index (χ0v) is 13.5. The van der Waals surface area contributed by atoms with E-state index in [9.17, 15) is 4.79 Å². The van der Waals surface area contributed by atoms with Crippen LogP contribution in [0.4, 0.5) is 0 Å². The van der Waals surface area contributed by atoms with Crippen molar-refractivity contribution in [2.75, 3.05) is 5.84 Å². The Labute approximate surface area is 138 Å². The summed E-state index contributed by atoms with van der Waals surface area (Å²) in [5.74, 6) is 7.39. The van der Waals surface area contributed by atoms with E-state index in [-0.39, 0.29) is 11.2 Å². The Bertz CT molecular complexity index is 709. The van der Waals surface area contributed by atoms with E-state index in [0.29, 0.717) is 17.1 Å². The molecule has 6 nitrogen and oxygen atoms in total. The highest BCUT2D eigenvalue weighted by molar-refractivity contribution is 8.00. The number of nitrogens with zero attached hydrogens (tertiary/aromatic N) is 3. The molecular formula is C16H19N5OS. The average Bonchev–Trinajstić information content (AvgIpc) is 3.48. The first-order valence-corrected chi connectivity index (χ1v) is 8.82. The number of nitrogens with two attached hydrogens (primary N) is 1. The minimum Gasteiger partial charge on any atom is -0.352 e. The van der Waals surface area contributed by atoms with Gasteiger partial charge in [-0.05, 0) is 31.2 Å². The molecule has 2 aliphatic rings. The number of carbonyl (C=O) groups excluding carboxylic acids is 1.